The first-order valence-electron chi connectivity index (χ1n) is 6.47. The predicted octanol–water partition coefficient (Wildman–Crippen LogP) is 3.40. The van der Waals surface area contributed by atoms with Crippen LogP contribution in [-0.2, 0) is 4.74 Å². The summed E-state index contributed by atoms with van der Waals surface area (Å²) in [5, 5.41) is 2.99. The minimum atomic E-state index is -0.410. The van der Waals surface area contributed by atoms with Crippen molar-refractivity contribution in [3.8, 4) is 0 Å². The number of alkyl carbamates (subject to hydrolysis) is 1. The second-order valence-corrected chi connectivity index (χ2v) is 6.52. The average Bonchev–Trinajstić information content (AvgIpc) is 2.81. The number of allylic oxidation sites excluding steroid dienone is 1. The summed E-state index contributed by atoms with van der Waals surface area (Å²) in [4.78, 5) is 11.6. The van der Waals surface area contributed by atoms with Gasteiger partial charge in [0.2, 0.25) is 0 Å². The number of hydrogen-bond donors (Lipinski definition) is 1. The lowest BCUT2D eigenvalue weighted by Gasteiger charge is -2.25. The monoisotopic (exact) mass is 237 g/mol. The molecule has 1 atom stereocenters. The second kappa shape index (κ2) is 4.04. The van der Waals surface area contributed by atoms with Crippen molar-refractivity contribution in [1.82, 2.24) is 5.32 Å². The molecule has 1 amide bonds. The molecule has 2 aliphatic carbocycles. The molecule has 0 aromatic carbocycles. The highest BCUT2D eigenvalue weighted by Crippen LogP contribution is 2.57. The maximum absolute atomic E-state index is 11.6. The van der Waals surface area contributed by atoms with Crippen LogP contribution >= 0.6 is 0 Å². The lowest BCUT2D eigenvalue weighted by molar-refractivity contribution is 0.0513. The van der Waals surface area contributed by atoms with E-state index in [9.17, 15) is 4.79 Å². The Morgan fingerprint density at radius 3 is 2.53 bits per heavy atom. The van der Waals surface area contributed by atoms with Crippen LogP contribution in [0.2, 0.25) is 0 Å². The van der Waals surface area contributed by atoms with Gasteiger partial charge in [-0.1, -0.05) is 12.2 Å². The predicted molar refractivity (Wildman–Crippen MR) is 67.8 cm³/mol. The third kappa shape index (κ3) is 3.02. The maximum Gasteiger partial charge on any atom is 0.407 e. The van der Waals surface area contributed by atoms with Gasteiger partial charge in [0.1, 0.15) is 5.60 Å². The molecule has 2 rings (SSSR count). The van der Waals surface area contributed by atoms with Gasteiger partial charge in [0.15, 0.2) is 0 Å². The minimum Gasteiger partial charge on any atom is -0.444 e. The fraction of sp³-hybridized carbons (Fsp3) is 0.786. The number of carbonyl (C=O) groups excluding carboxylic acids is 1. The van der Waals surface area contributed by atoms with Crippen molar-refractivity contribution in [3.05, 3.63) is 12.2 Å². The topological polar surface area (TPSA) is 38.3 Å². The zero-order chi connectivity index (χ0) is 12.7. The van der Waals surface area contributed by atoms with Gasteiger partial charge in [-0.25, -0.2) is 4.79 Å². The molecule has 0 saturated heterocycles. The number of nitrogens with one attached hydrogen (secondary N) is 1. The fourth-order valence-corrected chi connectivity index (χ4v) is 2.66. The van der Waals surface area contributed by atoms with E-state index in [1.54, 1.807) is 0 Å². The summed E-state index contributed by atoms with van der Waals surface area (Å²) in [6.45, 7) is 9.70. The van der Waals surface area contributed by atoms with Crippen molar-refractivity contribution in [1.29, 1.82) is 0 Å². The van der Waals surface area contributed by atoms with E-state index in [-0.39, 0.29) is 6.09 Å². The maximum atomic E-state index is 11.6. The molecular formula is C14H23NO2. The van der Waals surface area contributed by atoms with Gasteiger partial charge < -0.3 is 10.1 Å². The molecule has 1 N–H and O–H groups in total. The van der Waals surface area contributed by atoms with Crippen LogP contribution in [0.5, 0.6) is 0 Å². The number of hydrogen-bond acceptors (Lipinski definition) is 2. The number of ether oxygens (including phenoxy) is 1. The van der Waals surface area contributed by atoms with E-state index < -0.39 is 5.60 Å². The summed E-state index contributed by atoms with van der Waals surface area (Å²) in [6.07, 6.45) is 5.42. The van der Waals surface area contributed by atoms with E-state index in [0.717, 1.165) is 19.3 Å². The van der Waals surface area contributed by atoms with E-state index in [4.69, 9.17) is 4.74 Å². The van der Waals surface area contributed by atoms with Gasteiger partial charge in [0.05, 0.1) is 0 Å². The van der Waals surface area contributed by atoms with Crippen LogP contribution in [0.3, 0.4) is 0 Å². The molecule has 1 unspecified atom stereocenters. The standard InChI is InChI=1S/C14H23NO2/c1-10-5-7-14(8-6-10)9-11(14)15-12(16)17-13(2,3)4/h11H,1,5-9H2,2-4H3,(H,15,16). The summed E-state index contributed by atoms with van der Waals surface area (Å²) in [5.74, 6) is 0. The van der Waals surface area contributed by atoms with Crippen LogP contribution < -0.4 is 5.32 Å². The third-order valence-corrected chi connectivity index (χ3v) is 3.83. The molecular weight excluding hydrogens is 214 g/mol. The summed E-state index contributed by atoms with van der Waals surface area (Å²) < 4.78 is 5.28. The van der Waals surface area contributed by atoms with Gasteiger partial charge >= 0.3 is 6.09 Å². The highest BCUT2D eigenvalue weighted by atomic mass is 16.6. The SMILES string of the molecule is C=C1CCC2(CC1)CC2NC(=O)OC(C)(C)C. The average molecular weight is 237 g/mol. The summed E-state index contributed by atoms with van der Waals surface area (Å²) in [5.41, 5.74) is 1.31. The van der Waals surface area contributed by atoms with Crippen LogP contribution in [-0.4, -0.2) is 17.7 Å². The molecule has 0 radical (unpaired) electrons. The molecule has 2 aliphatic rings. The Hall–Kier alpha value is -0.990. The van der Waals surface area contributed by atoms with E-state index >= 15 is 0 Å². The lowest BCUT2D eigenvalue weighted by Crippen LogP contribution is -2.36. The smallest absolute Gasteiger partial charge is 0.407 e. The highest BCUT2D eigenvalue weighted by molar-refractivity contribution is 5.68. The first-order valence-corrected chi connectivity index (χ1v) is 6.47. The van der Waals surface area contributed by atoms with E-state index in [1.807, 2.05) is 20.8 Å². The van der Waals surface area contributed by atoms with Crippen LogP contribution in [0.15, 0.2) is 12.2 Å². The lowest BCUT2D eigenvalue weighted by atomic mass is 9.83. The first kappa shape index (κ1) is 12.5. The molecule has 0 aromatic heterocycles. The van der Waals surface area contributed by atoms with Crippen molar-refractivity contribution in [2.45, 2.75) is 64.5 Å². The zero-order valence-corrected chi connectivity index (χ0v) is 11.1. The minimum absolute atomic E-state index is 0.274. The first-order chi connectivity index (χ1) is 7.81. The van der Waals surface area contributed by atoms with Gasteiger partial charge in [-0.2, -0.15) is 0 Å². The molecule has 3 heteroatoms. The van der Waals surface area contributed by atoms with Gasteiger partial charge in [-0.05, 0) is 58.3 Å². The fourth-order valence-electron chi connectivity index (χ4n) is 2.66. The second-order valence-electron chi connectivity index (χ2n) is 6.52. The largest absolute Gasteiger partial charge is 0.444 e. The molecule has 0 aliphatic heterocycles. The van der Waals surface area contributed by atoms with Gasteiger partial charge in [0.25, 0.3) is 0 Å². The molecule has 0 bridgehead atoms. The van der Waals surface area contributed by atoms with Crippen LogP contribution in [0.1, 0.15) is 52.9 Å². The third-order valence-electron chi connectivity index (χ3n) is 3.83. The van der Waals surface area contributed by atoms with Gasteiger partial charge in [-0.3, -0.25) is 0 Å². The van der Waals surface area contributed by atoms with Crippen LogP contribution in [0, 0.1) is 5.41 Å². The van der Waals surface area contributed by atoms with Crippen LogP contribution in [0.25, 0.3) is 0 Å². The Morgan fingerprint density at radius 1 is 1.41 bits per heavy atom. The number of rotatable bonds is 1. The Bertz CT molecular complexity index is 331. The number of carbonyl (C=O) groups is 1. The van der Waals surface area contributed by atoms with Crippen molar-refractivity contribution < 1.29 is 9.53 Å². The number of amides is 1. The molecule has 1 spiro atoms. The van der Waals surface area contributed by atoms with Crippen molar-refractivity contribution in [2.75, 3.05) is 0 Å². The van der Waals surface area contributed by atoms with E-state index in [1.165, 1.54) is 18.4 Å². The molecule has 3 nitrogen and oxygen atoms in total. The molecule has 2 saturated carbocycles. The highest BCUT2D eigenvalue weighted by Gasteiger charge is 2.55. The molecule has 0 aromatic rings. The Balaban J connectivity index is 1.80. The Labute approximate surface area is 104 Å². The summed E-state index contributed by atoms with van der Waals surface area (Å²) in [7, 11) is 0. The molecule has 17 heavy (non-hydrogen) atoms. The van der Waals surface area contributed by atoms with Gasteiger partial charge in [0, 0.05) is 6.04 Å². The molecule has 0 heterocycles. The van der Waals surface area contributed by atoms with Crippen molar-refractivity contribution in [3.63, 3.8) is 0 Å². The summed E-state index contributed by atoms with van der Waals surface area (Å²) >= 11 is 0. The molecule has 96 valence electrons. The Morgan fingerprint density at radius 2 is 2.00 bits per heavy atom. The normalized spacial score (nSPS) is 26.8. The zero-order valence-electron chi connectivity index (χ0n) is 11.1. The van der Waals surface area contributed by atoms with E-state index in [0.29, 0.717) is 11.5 Å². The quantitative estimate of drug-likeness (QED) is 0.710. The van der Waals surface area contributed by atoms with Crippen molar-refractivity contribution >= 4 is 6.09 Å². The molecule has 2 fully saturated rings. The van der Waals surface area contributed by atoms with E-state index in [2.05, 4.69) is 11.9 Å². The van der Waals surface area contributed by atoms with Gasteiger partial charge in [-0.15, -0.1) is 0 Å². The van der Waals surface area contributed by atoms with Crippen LogP contribution in [0.4, 0.5) is 4.79 Å². The Kier molecular flexibility index (Phi) is 2.96. The summed E-state index contributed by atoms with van der Waals surface area (Å²) in [6, 6.07) is 0.324. The van der Waals surface area contributed by atoms with Crippen molar-refractivity contribution in [2.24, 2.45) is 5.41 Å².